The summed E-state index contributed by atoms with van der Waals surface area (Å²) in [7, 11) is 0. The van der Waals surface area contributed by atoms with Crippen LogP contribution in [0.25, 0.3) is 11.3 Å². The van der Waals surface area contributed by atoms with Crippen molar-refractivity contribution in [1.29, 1.82) is 0 Å². The zero-order valence-corrected chi connectivity index (χ0v) is 10.5. The summed E-state index contributed by atoms with van der Waals surface area (Å²) in [6, 6.07) is 11.0. The Labute approximate surface area is 105 Å². The van der Waals surface area contributed by atoms with E-state index in [0.717, 1.165) is 17.0 Å². The molecule has 0 saturated carbocycles. The predicted molar refractivity (Wildman–Crippen MR) is 69.4 cm³/mol. The first kappa shape index (κ1) is 11.8. The van der Waals surface area contributed by atoms with Crippen LogP contribution in [0.3, 0.4) is 0 Å². The van der Waals surface area contributed by atoms with Gasteiger partial charge in [-0.05, 0) is 32.0 Å². The monoisotopic (exact) mass is 245 g/mol. The van der Waals surface area contributed by atoms with Gasteiger partial charge in [0, 0.05) is 21.8 Å². The molecule has 2 aromatic rings. The number of aryl methyl sites for hydroxylation is 1. The summed E-state index contributed by atoms with van der Waals surface area (Å²) in [5.74, 6) is 0.0313. The molecule has 0 aliphatic rings. The Morgan fingerprint density at radius 1 is 1.24 bits per heavy atom. The van der Waals surface area contributed by atoms with Crippen molar-refractivity contribution in [2.45, 2.75) is 13.8 Å². The van der Waals surface area contributed by atoms with Gasteiger partial charge in [-0.1, -0.05) is 29.8 Å². The van der Waals surface area contributed by atoms with E-state index in [9.17, 15) is 4.79 Å². The Balaban J connectivity index is 2.60. The van der Waals surface area contributed by atoms with E-state index in [4.69, 9.17) is 11.6 Å². The highest BCUT2D eigenvalue weighted by atomic mass is 35.5. The Morgan fingerprint density at radius 2 is 1.94 bits per heavy atom. The number of carbonyl (C=O) groups excluding carboxylic acids is 1. The highest BCUT2D eigenvalue weighted by molar-refractivity contribution is 6.33. The molecule has 0 spiro atoms. The van der Waals surface area contributed by atoms with Gasteiger partial charge in [0.25, 0.3) is 0 Å². The molecular weight excluding hydrogens is 234 g/mol. The van der Waals surface area contributed by atoms with Gasteiger partial charge in [0.05, 0.1) is 5.69 Å². The number of rotatable bonds is 2. The fraction of sp³-hybridized carbons (Fsp3) is 0.143. The second kappa shape index (κ2) is 4.68. The molecule has 0 saturated heterocycles. The fourth-order valence-corrected chi connectivity index (χ4v) is 1.91. The molecule has 0 fully saturated rings. The van der Waals surface area contributed by atoms with Gasteiger partial charge in [0.1, 0.15) is 0 Å². The van der Waals surface area contributed by atoms with Gasteiger partial charge in [-0.2, -0.15) is 0 Å². The quantitative estimate of drug-likeness (QED) is 0.751. The first-order chi connectivity index (χ1) is 8.08. The zero-order chi connectivity index (χ0) is 12.4. The van der Waals surface area contributed by atoms with E-state index in [1.165, 1.54) is 0 Å². The summed E-state index contributed by atoms with van der Waals surface area (Å²) < 4.78 is 0. The molecule has 0 aliphatic carbocycles. The molecule has 17 heavy (non-hydrogen) atoms. The molecule has 0 atom stereocenters. The third-order valence-electron chi connectivity index (χ3n) is 2.51. The first-order valence-corrected chi connectivity index (χ1v) is 5.70. The standard InChI is InChI=1S/C14H12ClNO/c1-9-7-11(10(2)17)8-14(16-9)12-5-3-4-6-13(12)15/h3-8H,1-2H3. The van der Waals surface area contributed by atoms with Crippen molar-refractivity contribution < 1.29 is 4.79 Å². The maximum atomic E-state index is 11.4. The lowest BCUT2D eigenvalue weighted by Crippen LogP contribution is -1.97. The fourth-order valence-electron chi connectivity index (χ4n) is 1.68. The van der Waals surface area contributed by atoms with E-state index >= 15 is 0 Å². The largest absolute Gasteiger partial charge is 0.295 e. The molecule has 2 rings (SSSR count). The van der Waals surface area contributed by atoms with Crippen LogP contribution in [0.15, 0.2) is 36.4 Å². The molecule has 0 unspecified atom stereocenters. The van der Waals surface area contributed by atoms with Gasteiger partial charge in [0.15, 0.2) is 5.78 Å². The minimum atomic E-state index is 0.0313. The van der Waals surface area contributed by atoms with Crippen molar-refractivity contribution in [1.82, 2.24) is 4.98 Å². The number of carbonyl (C=O) groups is 1. The van der Waals surface area contributed by atoms with Crippen LogP contribution in [0.1, 0.15) is 23.0 Å². The topological polar surface area (TPSA) is 30.0 Å². The highest BCUT2D eigenvalue weighted by Gasteiger charge is 2.08. The van der Waals surface area contributed by atoms with Crippen molar-refractivity contribution in [3.05, 3.63) is 52.7 Å². The van der Waals surface area contributed by atoms with Crippen LogP contribution >= 0.6 is 11.6 Å². The summed E-state index contributed by atoms with van der Waals surface area (Å²) in [4.78, 5) is 15.8. The maximum absolute atomic E-state index is 11.4. The second-order valence-electron chi connectivity index (χ2n) is 3.92. The molecule has 2 nitrogen and oxygen atoms in total. The smallest absolute Gasteiger partial charge is 0.159 e. The SMILES string of the molecule is CC(=O)c1cc(C)nc(-c2ccccc2Cl)c1. The van der Waals surface area contributed by atoms with E-state index < -0.39 is 0 Å². The van der Waals surface area contributed by atoms with E-state index in [1.807, 2.05) is 31.2 Å². The number of Topliss-reactive ketones (excluding diaryl/α,β-unsaturated/α-hetero) is 1. The van der Waals surface area contributed by atoms with Crippen molar-refractivity contribution in [2.75, 3.05) is 0 Å². The number of halogens is 1. The van der Waals surface area contributed by atoms with Gasteiger partial charge in [-0.3, -0.25) is 9.78 Å². The van der Waals surface area contributed by atoms with Gasteiger partial charge in [-0.15, -0.1) is 0 Å². The lowest BCUT2D eigenvalue weighted by atomic mass is 10.1. The summed E-state index contributed by atoms with van der Waals surface area (Å²) in [6.45, 7) is 3.41. The minimum absolute atomic E-state index is 0.0313. The van der Waals surface area contributed by atoms with Crippen molar-refractivity contribution in [3.8, 4) is 11.3 Å². The van der Waals surface area contributed by atoms with Crippen LogP contribution in [0.4, 0.5) is 0 Å². The molecule has 1 heterocycles. The number of pyridine rings is 1. The van der Waals surface area contributed by atoms with E-state index in [2.05, 4.69) is 4.98 Å². The van der Waals surface area contributed by atoms with Crippen LogP contribution in [0.5, 0.6) is 0 Å². The summed E-state index contributed by atoms with van der Waals surface area (Å²) in [6.07, 6.45) is 0. The van der Waals surface area contributed by atoms with E-state index in [-0.39, 0.29) is 5.78 Å². The molecule has 0 N–H and O–H groups in total. The summed E-state index contributed by atoms with van der Waals surface area (Å²) in [5, 5.41) is 0.639. The number of aromatic nitrogens is 1. The lowest BCUT2D eigenvalue weighted by molar-refractivity contribution is 0.101. The van der Waals surface area contributed by atoms with E-state index in [0.29, 0.717) is 10.6 Å². The molecular formula is C14H12ClNO. The average Bonchev–Trinajstić information content (AvgIpc) is 2.28. The minimum Gasteiger partial charge on any atom is -0.295 e. The van der Waals surface area contributed by atoms with Gasteiger partial charge < -0.3 is 0 Å². The molecule has 1 aromatic carbocycles. The van der Waals surface area contributed by atoms with Crippen molar-refractivity contribution in [3.63, 3.8) is 0 Å². The number of nitrogens with zero attached hydrogens (tertiary/aromatic N) is 1. The normalized spacial score (nSPS) is 10.3. The summed E-state index contributed by atoms with van der Waals surface area (Å²) >= 11 is 6.12. The number of ketones is 1. The van der Waals surface area contributed by atoms with Crippen LogP contribution in [0, 0.1) is 6.92 Å². The van der Waals surface area contributed by atoms with Crippen molar-refractivity contribution in [2.24, 2.45) is 0 Å². The maximum Gasteiger partial charge on any atom is 0.159 e. The average molecular weight is 246 g/mol. The second-order valence-corrected chi connectivity index (χ2v) is 4.33. The van der Waals surface area contributed by atoms with Gasteiger partial charge in [0.2, 0.25) is 0 Å². The third kappa shape index (κ3) is 2.53. The van der Waals surface area contributed by atoms with E-state index in [1.54, 1.807) is 19.1 Å². The van der Waals surface area contributed by atoms with Gasteiger partial charge in [-0.25, -0.2) is 0 Å². The molecule has 86 valence electrons. The molecule has 0 amide bonds. The predicted octanol–water partition coefficient (Wildman–Crippen LogP) is 3.91. The Hall–Kier alpha value is -1.67. The molecule has 3 heteroatoms. The van der Waals surface area contributed by atoms with Crippen LogP contribution < -0.4 is 0 Å². The Kier molecular flexibility index (Phi) is 3.25. The van der Waals surface area contributed by atoms with Crippen LogP contribution in [0.2, 0.25) is 5.02 Å². The molecule has 0 bridgehead atoms. The zero-order valence-electron chi connectivity index (χ0n) is 9.70. The number of benzene rings is 1. The number of hydrogen-bond acceptors (Lipinski definition) is 2. The lowest BCUT2D eigenvalue weighted by Gasteiger charge is -2.06. The third-order valence-corrected chi connectivity index (χ3v) is 2.84. The first-order valence-electron chi connectivity index (χ1n) is 5.32. The van der Waals surface area contributed by atoms with Crippen LogP contribution in [-0.4, -0.2) is 10.8 Å². The van der Waals surface area contributed by atoms with Crippen LogP contribution in [-0.2, 0) is 0 Å². The van der Waals surface area contributed by atoms with Crippen molar-refractivity contribution >= 4 is 17.4 Å². The molecule has 0 aliphatic heterocycles. The molecule has 0 radical (unpaired) electrons. The molecule has 1 aromatic heterocycles. The Bertz CT molecular complexity index is 578. The van der Waals surface area contributed by atoms with Gasteiger partial charge >= 0.3 is 0 Å². The highest BCUT2D eigenvalue weighted by Crippen LogP contribution is 2.26. The Morgan fingerprint density at radius 3 is 2.59 bits per heavy atom. The summed E-state index contributed by atoms with van der Waals surface area (Å²) in [5.41, 5.74) is 3.06. The number of hydrogen-bond donors (Lipinski definition) is 0.